The number of anilines is 3. The van der Waals surface area contributed by atoms with E-state index in [2.05, 4.69) is 77.9 Å². The van der Waals surface area contributed by atoms with E-state index < -0.39 is 0 Å². The van der Waals surface area contributed by atoms with Gasteiger partial charge in [0.05, 0.1) is 5.69 Å². The number of hydrogen-bond donors (Lipinski definition) is 2. The summed E-state index contributed by atoms with van der Waals surface area (Å²) in [4.78, 5) is 7.02. The molecule has 0 fully saturated rings. The van der Waals surface area contributed by atoms with Gasteiger partial charge in [-0.15, -0.1) is 11.3 Å². The van der Waals surface area contributed by atoms with Crippen molar-refractivity contribution in [2.75, 3.05) is 29.9 Å². The topological polar surface area (TPSA) is 40.2 Å². The maximum absolute atomic E-state index is 4.68. The van der Waals surface area contributed by atoms with Crippen LogP contribution in [0, 0.1) is 0 Å². The van der Waals surface area contributed by atoms with Gasteiger partial charge >= 0.3 is 0 Å². The molecular weight excluding hydrogens is 304 g/mol. The number of rotatable bonds is 9. The third-order valence-corrected chi connectivity index (χ3v) is 4.69. The van der Waals surface area contributed by atoms with Crippen molar-refractivity contribution in [1.29, 1.82) is 0 Å². The second kappa shape index (κ2) is 8.89. The number of benzene rings is 1. The summed E-state index contributed by atoms with van der Waals surface area (Å²) in [5, 5.41) is 9.94. The number of thiazole rings is 1. The van der Waals surface area contributed by atoms with E-state index in [-0.39, 0.29) is 0 Å². The minimum Gasteiger partial charge on any atom is -0.372 e. The number of hydrogen-bond acceptors (Lipinski definition) is 5. The molecule has 2 aromatic rings. The van der Waals surface area contributed by atoms with Crippen LogP contribution in [0.25, 0.3) is 0 Å². The third kappa shape index (κ3) is 4.94. The molecule has 1 unspecified atom stereocenters. The van der Waals surface area contributed by atoms with Crippen LogP contribution in [0.15, 0.2) is 29.6 Å². The second-order valence-corrected chi connectivity index (χ2v) is 6.46. The molecule has 4 nitrogen and oxygen atoms in total. The molecule has 0 aliphatic carbocycles. The third-order valence-electron chi connectivity index (χ3n) is 3.91. The van der Waals surface area contributed by atoms with E-state index >= 15 is 0 Å². The average Bonchev–Trinajstić information content (AvgIpc) is 3.04. The zero-order valence-corrected chi connectivity index (χ0v) is 15.4. The number of aromatic nitrogens is 1. The Balaban J connectivity index is 1.98. The van der Waals surface area contributed by atoms with Crippen LogP contribution < -0.4 is 15.5 Å². The molecule has 0 radical (unpaired) electrons. The van der Waals surface area contributed by atoms with Crippen molar-refractivity contribution in [1.82, 2.24) is 10.3 Å². The molecular formula is C18H28N4S. The van der Waals surface area contributed by atoms with Gasteiger partial charge in [-0.25, -0.2) is 4.98 Å². The van der Waals surface area contributed by atoms with Gasteiger partial charge in [0.25, 0.3) is 0 Å². The van der Waals surface area contributed by atoms with E-state index in [4.69, 9.17) is 0 Å². The van der Waals surface area contributed by atoms with Crippen molar-refractivity contribution in [3.8, 4) is 0 Å². The zero-order chi connectivity index (χ0) is 16.7. The minimum absolute atomic E-state index is 0.298. The molecule has 0 aliphatic heterocycles. The summed E-state index contributed by atoms with van der Waals surface area (Å²) >= 11 is 1.65. The van der Waals surface area contributed by atoms with Crippen molar-refractivity contribution in [3.63, 3.8) is 0 Å². The highest BCUT2D eigenvalue weighted by Crippen LogP contribution is 2.25. The molecule has 2 rings (SSSR count). The molecule has 1 aromatic carbocycles. The molecule has 1 heterocycles. The monoisotopic (exact) mass is 332 g/mol. The SMILES string of the molecule is CCCNC(C)c1csc(Nc2ccc(N(CC)CC)cc2)n1. The quantitative estimate of drug-likeness (QED) is 0.692. The molecule has 0 saturated carbocycles. The molecule has 126 valence electrons. The van der Waals surface area contributed by atoms with Crippen LogP contribution in [0.3, 0.4) is 0 Å². The Morgan fingerprint density at radius 2 is 1.83 bits per heavy atom. The average molecular weight is 333 g/mol. The Kier molecular flexibility index (Phi) is 6.86. The standard InChI is InChI=1S/C18H28N4S/c1-5-12-19-14(4)17-13-23-18(21-17)20-15-8-10-16(11-9-15)22(6-2)7-3/h8-11,13-14,19H,5-7,12H2,1-4H3,(H,20,21). The van der Waals surface area contributed by atoms with E-state index in [1.807, 2.05) is 0 Å². The summed E-state index contributed by atoms with van der Waals surface area (Å²) in [6.07, 6.45) is 1.14. The largest absolute Gasteiger partial charge is 0.372 e. The van der Waals surface area contributed by atoms with Gasteiger partial charge < -0.3 is 15.5 Å². The van der Waals surface area contributed by atoms with Crippen molar-refractivity contribution < 1.29 is 0 Å². The molecule has 1 aromatic heterocycles. The maximum atomic E-state index is 4.68. The van der Waals surface area contributed by atoms with Gasteiger partial charge in [0.1, 0.15) is 0 Å². The summed E-state index contributed by atoms with van der Waals surface area (Å²) in [5.41, 5.74) is 3.44. The maximum Gasteiger partial charge on any atom is 0.187 e. The summed E-state index contributed by atoms with van der Waals surface area (Å²) in [6.45, 7) is 11.8. The van der Waals surface area contributed by atoms with Gasteiger partial charge in [-0.2, -0.15) is 0 Å². The van der Waals surface area contributed by atoms with E-state index in [0.717, 1.165) is 42.6 Å². The molecule has 2 N–H and O–H groups in total. The Bertz CT molecular complexity index is 575. The molecule has 5 heteroatoms. The molecule has 1 atom stereocenters. The van der Waals surface area contributed by atoms with Crippen molar-refractivity contribution in [2.24, 2.45) is 0 Å². The van der Waals surface area contributed by atoms with E-state index in [9.17, 15) is 0 Å². The molecule has 0 aliphatic rings. The smallest absolute Gasteiger partial charge is 0.187 e. The van der Waals surface area contributed by atoms with Crippen LogP contribution in [0.1, 0.15) is 45.9 Å². The van der Waals surface area contributed by atoms with Crippen LogP contribution >= 0.6 is 11.3 Å². The van der Waals surface area contributed by atoms with Gasteiger partial charge in [0.15, 0.2) is 5.13 Å². The van der Waals surface area contributed by atoms with Crippen LogP contribution in [-0.4, -0.2) is 24.6 Å². The fraction of sp³-hybridized carbons (Fsp3) is 0.500. The lowest BCUT2D eigenvalue weighted by molar-refractivity contribution is 0.561. The minimum atomic E-state index is 0.298. The van der Waals surface area contributed by atoms with Gasteiger partial charge in [-0.3, -0.25) is 0 Å². The summed E-state index contributed by atoms with van der Waals surface area (Å²) in [5.74, 6) is 0. The second-order valence-electron chi connectivity index (χ2n) is 5.60. The van der Waals surface area contributed by atoms with Crippen molar-refractivity contribution in [2.45, 2.75) is 40.2 Å². The Morgan fingerprint density at radius 1 is 1.13 bits per heavy atom. The first-order valence-corrected chi connectivity index (χ1v) is 9.36. The highest BCUT2D eigenvalue weighted by atomic mass is 32.1. The fourth-order valence-corrected chi connectivity index (χ4v) is 3.30. The van der Waals surface area contributed by atoms with Crippen LogP contribution in [0.4, 0.5) is 16.5 Å². The van der Waals surface area contributed by atoms with Crippen LogP contribution in [0.2, 0.25) is 0 Å². The molecule has 23 heavy (non-hydrogen) atoms. The van der Waals surface area contributed by atoms with E-state index in [1.165, 1.54) is 5.69 Å². The van der Waals surface area contributed by atoms with E-state index in [1.54, 1.807) is 11.3 Å². The van der Waals surface area contributed by atoms with Crippen LogP contribution in [-0.2, 0) is 0 Å². The Labute approximate surface area is 143 Å². The van der Waals surface area contributed by atoms with Crippen molar-refractivity contribution >= 4 is 27.8 Å². The lowest BCUT2D eigenvalue weighted by atomic mass is 10.2. The first-order chi connectivity index (χ1) is 11.2. The number of nitrogens with zero attached hydrogens (tertiary/aromatic N) is 2. The summed E-state index contributed by atoms with van der Waals surface area (Å²) in [6, 6.07) is 8.86. The zero-order valence-electron chi connectivity index (χ0n) is 14.6. The first-order valence-electron chi connectivity index (χ1n) is 8.48. The van der Waals surface area contributed by atoms with E-state index in [0.29, 0.717) is 6.04 Å². The predicted octanol–water partition coefficient (Wildman–Crippen LogP) is 4.79. The fourth-order valence-electron chi connectivity index (χ4n) is 2.48. The highest BCUT2D eigenvalue weighted by Gasteiger charge is 2.09. The Hall–Kier alpha value is -1.59. The predicted molar refractivity (Wildman–Crippen MR) is 102 cm³/mol. The van der Waals surface area contributed by atoms with Gasteiger partial charge in [-0.1, -0.05) is 6.92 Å². The normalized spacial score (nSPS) is 12.2. The molecule has 0 saturated heterocycles. The lowest BCUT2D eigenvalue weighted by Crippen LogP contribution is -2.21. The van der Waals surface area contributed by atoms with Gasteiger partial charge in [0, 0.05) is 35.9 Å². The van der Waals surface area contributed by atoms with Crippen LogP contribution in [0.5, 0.6) is 0 Å². The Morgan fingerprint density at radius 3 is 2.43 bits per heavy atom. The number of nitrogens with one attached hydrogen (secondary N) is 2. The van der Waals surface area contributed by atoms with Gasteiger partial charge in [-0.05, 0) is 58.0 Å². The molecule has 0 amide bonds. The first kappa shape index (κ1) is 17.8. The molecule has 0 bridgehead atoms. The molecule has 0 spiro atoms. The lowest BCUT2D eigenvalue weighted by Gasteiger charge is -2.21. The summed E-state index contributed by atoms with van der Waals surface area (Å²) < 4.78 is 0. The highest BCUT2D eigenvalue weighted by molar-refractivity contribution is 7.13. The van der Waals surface area contributed by atoms with Gasteiger partial charge in [0.2, 0.25) is 0 Å². The summed E-state index contributed by atoms with van der Waals surface area (Å²) in [7, 11) is 0. The van der Waals surface area contributed by atoms with Crippen molar-refractivity contribution in [3.05, 3.63) is 35.3 Å².